The number of anilines is 1. The Morgan fingerprint density at radius 1 is 1.07 bits per heavy atom. The number of nitrogens with two attached hydrogens (primary N) is 1. The lowest BCUT2D eigenvalue weighted by molar-refractivity contribution is 0.0976. The highest BCUT2D eigenvalue weighted by Crippen LogP contribution is 2.38. The van der Waals surface area contributed by atoms with Crippen LogP contribution in [0.15, 0.2) is 48.8 Å². The number of hydrogen-bond acceptors (Lipinski definition) is 5. The molecule has 4 N–H and O–H groups in total. The van der Waals surface area contributed by atoms with Gasteiger partial charge in [-0.25, -0.2) is 9.97 Å². The average Bonchev–Trinajstić information content (AvgIpc) is 2.94. The molecule has 0 atom stereocenters. The Morgan fingerprint density at radius 3 is 2.60 bits per heavy atom. The van der Waals surface area contributed by atoms with E-state index >= 15 is 0 Å². The van der Waals surface area contributed by atoms with Gasteiger partial charge in [0.25, 0.3) is 5.91 Å². The van der Waals surface area contributed by atoms with Gasteiger partial charge in [-0.3, -0.25) is 9.36 Å². The fraction of sp³-hybridized carbons (Fsp3) is 0.0870. The van der Waals surface area contributed by atoms with Gasteiger partial charge in [-0.2, -0.15) is 0 Å². The van der Waals surface area contributed by atoms with Crippen LogP contribution in [-0.2, 0) is 0 Å². The molecule has 0 fully saturated rings. The zero-order chi connectivity index (χ0) is 21.0. The maximum atomic E-state index is 13.2. The number of nitrogen functional groups attached to an aromatic ring is 1. The Labute approximate surface area is 172 Å². The number of benzene rings is 2. The third-order valence-corrected chi connectivity index (χ3v) is 5.48. The van der Waals surface area contributed by atoms with Crippen molar-refractivity contribution in [3.8, 4) is 11.4 Å². The first kappa shape index (κ1) is 17.9. The van der Waals surface area contributed by atoms with E-state index in [-0.39, 0.29) is 17.5 Å². The molecule has 1 aliphatic heterocycles. The monoisotopic (exact) mass is 397 g/mol. The van der Waals surface area contributed by atoms with Crippen LogP contribution in [0.1, 0.15) is 32.7 Å². The summed E-state index contributed by atoms with van der Waals surface area (Å²) in [6.45, 7) is 3.73. The molecule has 2 aromatic carbocycles. The number of rotatable bonds is 2. The second-order valence-electron chi connectivity index (χ2n) is 7.31. The molecule has 3 heterocycles. The lowest BCUT2D eigenvalue weighted by Gasteiger charge is -2.16. The number of nitrogens with zero attached hydrogens (tertiary/aromatic N) is 3. The van der Waals surface area contributed by atoms with Crippen LogP contribution in [0.25, 0.3) is 28.5 Å². The molecule has 0 saturated carbocycles. The summed E-state index contributed by atoms with van der Waals surface area (Å²) in [6, 6.07) is 13.0. The fourth-order valence-electron chi connectivity index (χ4n) is 4.02. The van der Waals surface area contributed by atoms with Crippen molar-refractivity contribution in [2.24, 2.45) is 0 Å². The third-order valence-electron chi connectivity index (χ3n) is 5.48. The summed E-state index contributed by atoms with van der Waals surface area (Å²) in [5.74, 6) is 0.0783. The molecule has 1 aliphatic rings. The van der Waals surface area contributed by atoms with E-state index in [0.29, 0.717) is 39.2 Å². The molecule has 0 radical (unpaired) electrons. The topological polar surface area (TPSA) is 106 Å². The Morgan fingerprint density at radius 2 is 1.83 bits per heavy atom. The molecule has 7 nitrogen and oxygen atoms in total. The smallest absolute Gasteiger partial charge is 0.260 e. The van der Waals surface area contributed by atoms with Crippen molar-refractivity contribution in [2.75, 3.05) is 5.73 Å². The highest BCUT2D eigenvalue weighted by Gasteiger charge is 2.29. The minimum Gasteiger partial charge on any atom is -0.508 e. The van der Waals surface area contributed by atoms with E-state index in [0.717, 1.165) is 11.1 Å². The van der Waals surface area contributed by atoms with Crippen molar-refractivity contribution in [3.05, 3.63) is 76.7 Å². The Kier molecular flexibility index (Phi) is 3.86. The molecule has 1 amide bonds. The molecule has 0 saturated heterocycles. The van der Waals surface area contributed by atoms with Crippen molar-refractivity contribution in [1.82, 2.24) is 19.9 Å². The normalized spacial score (nSPS) is 13.1. The maximum absolute atomic E-state index is 13.2. The van der Waals surface area contributed by atoms with Crippen LogP contribution in [0.3, 0.4) is 0 Å². The SMILES string of the molecule is Cc1ccc(O)c(C)c1-n1c(N)c2c3c(ncnc31)C=C(c1ccccc1)NC2=O. The number of aromatic nitrogens is 3. The summed E-state index contributed by atoms with van der Waals surface area (Å²) < 4.78 is 1.72. The molecular weight excluding hydrogens is 378 g/mol. The molecule has 0 bridgehead atoms. The van der Waals surface area contributed by atoms with Crippen LogP contribution in [-0.4, -0.2) is 25.5 Å². The third kappa shape index (κ3) is 2.49. The number of aryl methyl sites for hydroxylation is 1. The molecule has 0 unspecified atom stereocenters. The first-order valence-corrected chi connectivity index (χ1v) is 9.50. The minimum absolute atomic E-state index is 0.149. The molecule has 4 aromatic rings. The van der Waals surface area contributed by atoms with Gasteiger partial charge in [-0.15, -0.1) is 0 Å². The maximum Gasteiger partial charge on any atom is 0.260 e. The highest BCUT2D eigenvalue weighted by molar-refractivity contribution is 6.18. The Hall–Kier alpha value is -4.13. The van der Waals surface area contributed by atoms with Crippen LogP contribution < -0.4 is 11.1 Å². The second kappa shape index (κ2) is 6.45. The van der Waals surface area contributed by atoms with Crippen LogP contribution in [0.4, 0.5) is 5.82 Å². The van der Waals surface area contributed by atoms with E-state index < -0.39 is 0 Å². The van der Waals surface area contributed by atoms with Gasteiger partial charge in [0.05, 0.1) is 28.0 Å². The molecule has 0 aliphatic carbocycles. The van der Waals surface area contributed by atoms with Gasteiger partial charge in [0, 0.05) is 5.56 Å². The van der Waals surface area contributed by atoms with Crippen molar-refractivity contribution in [3.63, 3.8) is 0 Å². The van der Waals surface area contributed by atoms with Crippen molar-refractivity contribution >= 4 is 34.5 Å². The first-order chi connectivity index (χ1) is 14.5. The van der Waals surface area contributed by atoms with Crippen LogP contribution in [0, 0.1) is 13.8 Å². The quantitative estimate of drug-likeness (QED) is 0.479. The fourth-order valence-corrected chi connectivity index (χ4v) is 4.02. The molecule has 7 heteroatoms. The number of hydrogen-bond donors (Lipinski definition) is 3. The summed E-state index contributed by atoms with van der Waals surface area (Å²) in [6.07, 6.45) is 3.29. The molecule has 2 aromatic heterocycles. The van der Waals surface area contributed by atoms with E-state index in [9.17, 15) is 9.90 Å². The standard InChI is InChI=1S/C23H19N5O2/c1-12-8-9-17(29)13(2)20(12)28-21(24)19-18-16(25-11-26-22(18)28)10-15(27-23(19)30)14-6-4-3-5-7-14/h3-11,29H,24H2,1-2H3,(H,27,30). The lowest BCUT2D eigenvalue weighted by atomic mass is 10.1. The van der Waals surface area contributed by atoms with Gasteiger partial charge in [0.1, 0.15) is 17.9 Å². The van der Waals surface area contributed by atoms with E-state index in [1.807, 2.05) is 56.3 Å². The average molecular weight is 397 g/mol. The van der Waals surface area contributed by atoms with Gasteiger partial charge in [0.2, 0.25) is 0 Å². The van der Waals surface area contributed by atoms with Gasteiger partial charge >= 0.3 is 0 Å². The summed E-state index contributed by atoms with van der Waals surface area (Å²) in [7, 11) is 0. The molecule has 5 rings (SSSR count). The van der Waals surface area contributed by atoms with Gasteiger partial charge < -0.3 is 16.2 Å². The summed E-state index contributed by atoms with van der Waals surface area (Å²) in [5.41, 5.74) is 11.7. The molecular formula is C23H19N5O2. The molecule has 30 heavy (non-hydrogen) atoms. The van der Waals surface area contributed by atoms with Crippen LogP contribution in [0.2, 0.25) is 0 Å². The highest BCUT2D eigenvalue weighted by atomic mass is 16.3. The number of carbonyl (C=O) groups is 1. The van der Waals surface area contributed by atoms with E-state index in [1.165, 1.54) is 6.33 Å². The molecule has 148 valence electrons. The minimum atomic E-state index is -0.324. The predicted octanol–water partition coefficient (Wildman–Crippen LogP) is 3.57. The second-order valence-corrected chi connectivity index (χ2v) is 7.31. The van der Waals surface area contributed by atoms with Gasteiger partial charge in [-0.05, 0) is 37.1 Å². The van der Waals surface area contributed by atoms with Crippen molar-refractivity contribution in [1.29, 1.82) is 0 Å². The van der Waals surface area contributed by atoms with Gasteiger partial charge in [0.15, 0.2) is 5.65 Å². The summed E-state index contributed by atoms with van der Waals surface area (Å²) in [5, 5.41) is 13.8. The predicted molar refractivity (Wildman–Crippen MR) is 116 cm³/mol. The van der Waals surface area contributed by atoms with Crippen LogP contribution >= 0.6 is 0 Å². The number of carbonyl (C=O) groups excluding carboxylic acids is 1. The summed E-state index contributed by atoms with van der Waals surface area (Å²) in [4.78, 5) is 22.1. The number of amides is 1. The number of phenolic OH excluding ortho intramolecular Hbond substituents is 1. The number of aromatic hydroxyl groups is 1. The largest absolute Gasteiger partial charge is 0.508 e. The number of phenols is 1. The van der Waals surface area contributed by atoms with E-state index in [4.69, 9.17) is 5.73 Å². The molecule has 0 spiro atoms. The lowest BCUT2D eigenvalue weighted by Crippen LogP contribution is -2.22. The van der Waals surface area contributed by atoms with Crippen molar-refractivity contribution in [2.45, 2.75) is 13.8 Å². The number of nitrogens with one attached hydrogen (secondary N) is 1. The van der Waals surface area contributed by atoms with E-state index in [1.54, 1.807) is 10.6 Å². The zero-order valence-electron chi connectivity index (χ0n) is 16.5. The summed E-state index contributed by atoms with van der Waals surface area (Å²) >= 11 is 0. The first-order valence-electron chi connectivity index (χ1n) is 9.50. The zero-order valence-corrected chi connectivity index (χ0v) is 16.5. The Bertz CT molecular complexity index is 1370. The van der Waals surface area contributed by atoms with E-state index in [2.05, 4.69) is 15.3 Å². The van der Waals surface area contributed by atoms with Crippen molar-refractivity contribution < 1.29 is 9.90 Å². The van der Waals surface area contributed by atoms with Gasteiger partial charge in [-0.1, -0.05) is 36.4 Å². The Balaban J connectivity index is 1.85. The van der Waals surface area contributed by atoms with Crippen LogP contribution in [0.5, 0.6) is 5.75 Å².